The summed E-state index contributed by atoms with van der Waals surface area (Å²) in [5.41, 5.74) is 1.41. The molecule has 16 heavy (non-hydrogen) atoms. The summed E-state index contributed by atoms with van der Waals surface area (Å²) in [6.45, 7) is 3.79. The van der Waals surface area contributed by atoms with Crippen molar-refractivity contribution >= 4 is 17.2 Å². The topological polar surface area (TPSA) is 32.3 Å². The van der Waals surface area contributed by atoms with Crippen LogP contribution >= 0.6 is 11.3 Å². The summed E-state index contributed by atoms with van der Waals surface area (Å²) in [5, 5.41) is 5.44. The fraction of sp³-hybridized carbons (Fsp3) is 0.583. The molecule has 0 saturated heterocycles. The molecule has 0 saturated carbocycles. The van der Waals surface area contributed by atoms with Crippen molar-refractivity contribution in [3.63, 3.8) is 0 Å². The lowest BCUT2D eigenvalue weighted by molar-refractivity contribution is -0.128. The highest BCUT2D eigenvalue weighted by Gasteiger charge is 2.04. The lowest BCUT2D eigenvalue weighted by Crippen LogP contribution is -2.26. The SMILES string of the molecule is CCc1ccsc1CNCCC(=O)N(C)C. The fourth-order valence-electron chi connectivity index (χ4n) is 1.46. The summed E-state index contributed by atoms with van der Waals surface area (Å²) in [4.78, 5) is 14.3. The third-order valence-corrected chi connectivity index (χ3v) is 3.48. The van der Waals surface area contributed by atoms with Gasteiger partial charge < -0.3 is 10.2 Å². The molecule has 1 amide bonds. The van der Waals surface area contributed by atoms with E-state index in [0.717, 1.165) is 19.5 Å². The predicted octanol–water partition coefficient (Wildman–Crippen LogP) is 1.88. The first-order valence-corrected chi connectivity index (χ1v) is 6.49. The molecule has 0 spiro atoms. The second kappa shape index (κ2) is 6.66. The molecule has 3 nitrogen and oxygen atoms in total. The van der Waals surface area contributed by atoms with Crippen LogP contribution in [0.25, 0.3) is 0 Å². The summed E-state index contributed by atoms with van der Waals surface area (Å²) < 4.78 is 0. The van der Waals surface area contributed by atoms with Gasteiger partial charge in [-0.05, 0) is 23.4 Å². The Morgan fingerprint density at radius 2 is 2.25 bits per heavy atom. The average molecular weight is 240 g/mol. The van der Waals surface area contributed by atoms with E-state index >= 15 is 0 Å². The molecule has 0 aromatic carbocycles. The van der Waals surface area contributed by atoms with Crippen LogP contribution in [0.1, 0.15) is 23.8 Å². The van der Waals surface area contributed by atoms with E-state index in [0.29, 0.717) is 6.42 Å². The Morgan fingerprint density at radius 3 is 2.88 bits per heavy atom. The maximum atomic E-state index is 11.3. The average Bonchev–Trinajstić information content (AvgIpc) is 2.71. The van der Waals surface area contributed by atoms with E-state index in [1.54, 1.807) is 30.3 Å². The number of amides is 1. The normalized spacial score (nSPS) is 10.4. The van der Waals surface area contributed by atoms with Crippen molar-refractivity contribution in [3.05, 3.63) is 21.9 Å². The Morgan fingerprint density at radius 1 is 1.50 bits per heavy atom. The number of rotatable bonds is 6. The van der Waals surface area contributed by atoms with Crippen LogP contribution in [0.4, 0.5) is 0 Å². The van der Waals surface area contributed by atoms with Crippen molar-refractivity contribution in [2.75, 3.05) is 20.6 Å². The molecule has 90 valence electrons. The molecule has 0 atom stereocenters. The lowest BCUT2D eigenvalue weighted by atomic mass is 10.2. The zero-order valence-electron chi connectivity index (χ0n) is 10.2. The third kappa shape index (κ3) is 3.94. The fourth-order valence-corrected chi connectivity index (χ4v) is 2.40. The minimum Gasteiger partial charge on any atom is -0.349 e. The zero-order valence-corrected chi connectivity index (χ0v) is 11.1. The summed E-state index contributed by atoms with van der Waals surface area (Å²) >= 11 is 1.78. The molecule has 0 aliphatic rings. The van der Waals surface area contributed by atoms with Crippen LogP contribution in [-0.4, -0.2) is 31.4 Å². The maximum Gasteiger partial charge on any atom is 0.223 e. The van der Waals surface area contributed by atoms with Gasteiger partial charge in [-0.3, -0.25) is 4.79 Å². The molecule has 0 radical (unpaired) electrons. The van der Waals surface area contributed by atoms with Gasteiger partial charge in [0.2, 0.25) is 5.91 Å². The molecule has 0 unspecified atom stereocenters. The molecule has 1 aromatic rings. The third-order valence-electron chi connectivity index (χ3n) is 2.52. The van der Waals surface area contributed by atoms with Crippen molar-refractivity contribution in [3.8, 4) is 0 Å². The number of hydrogen-bond acceptors (Lipinski definition) is 3. The molecule has 1 heterocycles. The summed E-state index contributed by atoms with van der Waals surface area (Å²) in [7, 11) is 3.58. The van der Waals surface area contributed by atoms with Gasteiger partial charge in [0.05, 0.1) is 0 Å². The van der Waals surface area contributed by atoms with Gasteiger partial charge in [0.15, 0.2) is 0 Å². The second-order valence-corrected chi connectivity index (χ2v) is 4.94. The van der Waals surface area contributed by atoms with Crippen LogP contribution in [0.2, 0.25) is 0 Å². The summed E-state index contributed by atoms with van der Waals surface area (Å²) in [5.74, 6) is 0.175. The number of carbonyl (C=O) groups excluding carboxylic acids is 1. The van der Waals surface area contributed by atoms with Gasteiger partial charge in [-0.1, -0.05) is 6.92 Å². The van der Waals surface area contributed by atoms with E-state index < -0.39 is 0 Å². The van der Waals surface area contributed by atoms with Gasteiger partial charge >= 0.3 is 0 Å². The van der Waals surface area contributed by atoms with Gasteiger partial charge in [-0.15, -0.1) is 11.3 Å². The molecular formula is C12H20N2OS. The molecule has 4 heteroatoms. The number of hydrogen-bond donors (Lipinski definition) is 1. The first kappa shape index (κ1) is 13.2. The number of nitrogens with zero attached hydrogens (tertiary/aromatic N) is 1. The van der Waals surface area contributed by atoms with Crippen LogP contribution in [0.5, 0.6) is 0 Å². The van der Waals surface area contributed by atoms with Crippen molar-refractivity contribution in [1.82, 2.24) is 10.2 Å². The predicted molar refractivity (Wildman–Crippen MR) is 68.7 cm³/mol. The highest BCUT2D eigenvalue weighted by Crippen LogP contribution is 2.16. The van der Waals surface area contributed by atoms with Gasteiger partial charge in [0, 0.05) is 38.5 Å². The molecule has 0 bridgehead atoms. The molecule has 0 aliphatic carbocycles. The lowest BCUT2D eigenvalue weighted by Gasteiger charge is -2.10. The number of thiophene rings is 1. The van der Waals surface area contributed by atoms with E-state index in [1.165, 1.54) is 10.4 Å². The van der Waals surface area contributed by atoms with Gasteiger partial charge in [-0.2, -0.15) is 0 Å². The monoisotopic (exact) mass is 240 g/mol. The highest BCUT2D eigenvalue weighted by atomic mass is 32.1. The van der Waals surface area contributed by atoms with Crippen molar-refractivity contribution in [1.29, 1.82) is 0 Å². The Bertz CT molecular complexity index is 334. The number of aryl methyl sites for hydroxylation is 1. The van der Waals surface area contributed by atoms with E-state index in [9.17, 15) is 4.79 Å². The van der Waals surface area contributed by atoms with Gasteiger partial charge in [0.1, 0.15) is 0 Å². The van der Waals surface area contributed by atoms with E-state index in [4.69, 9.17) is 0 Å². The number of carbonyl (C=O) groups is 1. The Labute approximate surface area is 101 Å². The minimum atomic E-state index is 0.175. The van der Waals surface area contributed by atoms with Crippen molar-refractivity contribution in [2.24, 2.45) is 0 Å². The Balaban J connectivity index is 2.23. The van der Waals surface area contributed by atoms with Crippen LogP contribution in [0.15, 0.2) is 11.4 Å². The molecule has 1 rings (SSSR count). The van der Waals surface area contributed by atoms with E-state index in [2.05, 4.69) is 23.7 Å². The van der Waals surface area contributed by atoms with Crippen LogP contribution in [0.3, 0.4) is 0 Å². The maximum absolute atomic E-state index is 11.3. The molecule has 0 aliphatic heterocycles. The Hall–Kier alpha value is -0.870. The Kier molecular flexibility index (Phi) is 5.49. The van der Waals surface area contributed by atoms with Gasteiger partial charge in [0.25, 0.3) is 0 Å². The van der Waals surface area contributed by atoms with Crippen molar-refractivity contribution < 1.29 is 4.79 Å². The first-order chi connectivity index (χ1) is 7.65. The van der Waals surface area contributed by atoms with Crippen molar-refractivity contribution in [2.45, 2.75) is 26.3 Å². The van der Waals surface area contributed by atoms with Gasteiger partial charge in [-0.25, -0.2) is 0 Å². The zero-order chi connectivity index (χ0) is 12.0. The van der Waals surface area contributed by atoms with Crippen LogP contribution < -0.4 is 5.32 Å². The second-order valence-electron chi connectivity index (χ2n) is 3.94. The first-order valence-electron chi connectivity index (χ1n) is 5.61. The van der Waals surface area contributed by atoms with E-state index in [1.807, 2.05) is 0 Å². The largest absolute Gasteiger partial charge is 0.349 e. The molecule has 1 aromatic heterocycles. The quantitative estimate of drug-likeness (QED) is 0.770. The van der Waals surface area contributed by atoms with Crippen LogP contribution in [-0.2, 0) is 17.8 Å². The minimum absolute atomic E-state index is 0.175. The standard InChI is InChI=1S/C12H20N2OS/c1-4-10-6-8-16-11(10)9-13-7-5-12(15)14(2)3/h6,8,13H,4-5,7,9H2,1-3H3. The molecule has 0 fully saturated rings. The summed E-state index contributed by atoms with van der Waals surface area (Å²) in [6, 6.07) is 2.17. The molecular weight excluding hydrogens is 220 g/mol. The summed E-state index contributed by atoms with van der Waals surface area (Å²) in [6.07, 6.45) is 1.65. The molecule has 1 N–H and O–H groups in total. The smallest absolute Gasteiger partial charge is 0.223 e. The van der Waals surface area contributed by atoms with E-state index in [-0.39, 0.29) is 5.91 Å². The highest BCUT2D eigenvalue weighted by molar-refractivity contribution is 7.10. The number of nitrogens with one attached hydrogen (secondary N) is 1. The van der Waals surface area contributed by atoms with Crippen LogP contribution in [0, 0.1) is 0 Å².